The molecule has 1 aliphatic heterocycles. The van der Waals surface area contributed by atoms with Crippen molar-refractivity contribution in [2.75, 3.05) is 7.05 Å². The van der Waals surface area contributed by atoms with Gasteiger partial charge in [0, 0.05) is 31.3 Å². The molecule has 4 heterocycles. The number of rotatable bonds is 3. The molecule has 0 unspecified atom stereocenters. The van der Waals surface area contributed by atoms with Crippen LogP contribution in [-0.2, 0) is 0 Å². The van der Waals surface area contributed by atoms with Gasteiger partial charge in [0.15, 0.2) is 5.11 Å². The molecule has 0 amide bonds. The van der Waals surface area contributed by atoms with Gasteiger partial charge >= 0.3 is 0 Å². The number of thiocarbonyl (C=S) groups is 1. The van der Waals surface area contributed by atoms with Crippen LogP contribution in [0.5, 0.6) is 0 Å². The SMILES string of the molecule is Cc1ccc(-n2cccc2[C@H]2[C@@H](c3ccccn3)NC(=S)N2C)nc1. The van der Waals surface area contributed by atoms with Crippen LogP contribution in [0.4, 0.5) is 0 Å². The second kappa shape index (κ2) is 6.29. The maximum Gasteiger partial charge on any atom is 0.169 e. The minimum atomic E-state index is -0.00204. The van der Waals surface area contributed by atoms with Gasteiger partial charge in [0.1, 0.15) is 5.82 Å². The van der Waals surface area contributed by atoms with Crippen LogP contribution in [0.15, 0.2) is 61.1 Å². The highest BCUT2D eigenvalue weighted by atomic mass is 32.1. The summed E-state index contributed by atoms with van der Waals surface area (Å²) in [5.41, 5.74) is 3.25. The van der Waals surface area contributed by atoms with Crippen LogP contribution >= 0.6 is 12.2 Å². The maximum absolute atomic E-state index is 5.51. The smallest absolute Gasteiger partial charge is 0.169 e. The van der Waals surface area contributed by atoms with E-state index in [1.165, 1.54) is 0 Å². The van der Waals surface area contributed by atoms with Crippen molar-refractivity contribution in [3.05, 3.63) is 78.0 Å². The lowest BCUT2D eigenvalue weighted by Gasteiger charge is -2.25. The molecule has 2 atom stereocenters. The molecule has 5 nitrogen and oxygen atoms in total. The van der Waals surface area contributed by atoms with Crippen LogP contribution in [0.1, 0.15) is 29.0 Å². The first kappa shape index (κ1) is 15.8. The highest BCUT2D eigenvalue weighted by Gasteiger charge is 2.39. The molecule has 0 spiro atoms. The predicted molar refractivity (Wildman–Crippen MR) is 102 cm³/mol. The summed E-state index contributed by atoms with van der Waals surface area (Å²) >= 11 is 5.51. The minimum Gasteiger partial charge on any atom is -0.352 e. The van der Waals surface area contributed by atoms with Gasteiger partial charge in [-0.25, -0.2) is 4.98 Å². The van der Waals surface area contributed by atoms with Gasteiger partial charge in [-0.15, -0.1) is 0 Å². The van der Waals surface area contributed by atoms with E-state index in [0.29, 0.717) is 0 Å². The maximum atomic E-state index is 5.51. The lowest BCUT2D eigenvalue weighted by atomic mass is 10.0. The zero-order chi connectivity index (χ0) is 17.4. The second-order valence-corrected chi connectivity index (χ2v) is 6.62. The molecule has 0 bridgehead atoms. The van der Waals surface area contributed by atoms with Crippen molar-refractivity contribution in [1.29, 1.82) is 0 Å². The zero-order valence-electron chi connectivity index (χ0n) is 14.1. The lowest BCUT2D eigenvalue weighted by molar-refractivity contribution is 0.356. The Hall–Kier alpha value is -2.73. The predicted octanol–water partition coefficient (Wildman–Crippen LogP) is 3.18. The second-order valence-electron chi connectivity index (χ2n) is 6.23. The summed E-state index contributed by atoms with van der Waals surface area (Å²) in [4.78, 5) is 11.2. The molecule has 1 fully saturated rings. The highest BCUT2D eigenvalue weighted by Crippen LogP contribution is 2.38. The fourth-order valence-corrected chi connectivity index (χ4v) is 3.52. The minimum absolute atomic E-state index is 0.00204. The lowest BCUT2D eigenvalue weighted by Crippen LogP contribution is -2.26. The number of nitrogens with zero attached hydrogens (tertiary/aromatic N) is 4. The number of hydrogen-bond acceptors (Lipinski definition) is 3. The third-order valence-electron chi connectivity index (χ3n) is 4.56. The number of aromatic nitrogens is 3. The number of aryl methyl sites for hydroxylation is 1. The van der Waals surface area contributed by atoms with Crippen molar-refractivity contribution in [1.82, 2.24) is 24.8 Å². The van der Waals surface area contributed by atoms with E-state index < -0.39 is 0 Å². The fraction of sp³-hybridized carbons (Fsp3) is 0.211. The number of hydrogen-bond donors (Lipinski definition) is 1. The van der Waals surface area contributed by atoms with Gasteiger partial charge in [-0.1, -0.05) is 12.1 Å². The van der Waals surface area contributed by atoms with E-state index in [1.807, 2.05) is 62.9 Å². The Morgan fingerprint density at radius 1 is 1.08 bits per heavy atom. The normalized spacial score (nSPS) is 19.9. The van der Waals surface area contributed by atoms with Crippen molar-refractivity contribution in [2.24, 2.45) is 0 Å². The molecule has 1 saturated heterocycles. The van der Waals surface area contributed by atoms with Crippen LogP contribution < -0.4 is 5.32 Å². The van der Waals surface area contributed by atoms with Crippen molar-refractivity contribution in [3.8, 4) is 5.82 Å². The third-order valence-corrected chi connectivity index (χ3v) is 4.97. The molecule has 25 heavy (non-hydrogen) atoms. The Morgan fingerprint density at radius 3 is 2.68 bits per heavy atom. The first-order valence-electron chi connectivity index (χ1n) is 8.19. The molecular formula is C19H19N5S. The van der Waals surface area contributed by atoms with E-state index in [9.17, 15) is 0 Å². The largest absolute Gasteiger partial charge is 0.352 e. The van der Waals surface area contributed by atoms with E-state index in [4.69, 9.17) is 12.2 Å². The van der Waals surface area contributed by atoms with E-state index >= 15 is 0 Å². The van der Waals surface area contributed by atoms with Gasteiger partial charge in [-0.2, -0.15) is 0 Å². The molecule has 0 saturated carbocycles. The van der Waals surface area contributed by atoms with Gasteiger partial charge in [-0.05, 0) is 55.0 Å². The molecule has 3 aromatic heterocycles. The third kappa shape index (κ3) is 2.78. The quantitative estimate of drug-likeness (QED) is 0.736. The Bertz CT molecular complexity index is 888. The summed E-state index contributed by atoms with van der Waals surface area (Å²) in [6, 6.07) is 14.3. The molecule has 6 heteroatoms. The molecule has 1 N–H and O–H groups in total. The Balaban J connectivity index is 1.78. The fourth-order valence-electron chi connectivity index (χ4n) is 3.27. The summed E-state index contributed by atoms with van der Waals surface area (Å²) in [7, 11) is 2.02. The first-order chi connectivity index (χ1) is 12.1. The molecule has 126 valence electrons. The summed E-state index contributed by atoms with van der Waals surface area (Å²) in [5.74, 6) is 0.900. The van der Waals surface area contributed by atoms with Crippen molar-refractivity contribution in [3.63, 3.8) is 0 Å². The Morgan fingerprint density at radius 2 is 1.96 bits per heavy atom. The Labute approximate surface area is 152 Å². The molecular weight excluding hydrogens is 330 g/mol. The van der Waals surface area contributed by atoms with Crippen molar-refractivity contribution < 1.29 is 0 Å². The molecule has 0 aliphatic carbocycles. The number of pyridine rings is 2. The number of likely N-dealkylation sites (N-methyl/N-ethyl adjacent to an activating group) is 1. The van der Waals surface area contributed by atoms with Gasteiger partial charge in [0.05, 0.1) is 17.8 Å². The summed E-state index contributed by atoms with van der Waals surface area (Å²) in [5, 5.41) is 4.13. The zero-order valence-corrected chi connectivity index (χ0v) is 14.9. The molecule has 1 aliphatic rings. The van der Waals surface area contributed by atoms with Crippen LogP contribution in [0, 0.1) is 6.92 Å². The van der Waals surface area contributed by atoms with E-state index in [1.54, 1.807) is 0 Å². The first-order valence-corrected chi connectivity index (χ1v) is 8.60. The average Bonchev–Trinajstić information content (AvgIpc) is 3.22. The Kier molecular flexibility index (Phi) is 3.97. The standard InChI is InChI=1S/C19H19N5S/c1-13-8-9-16(21-12-13)24-11-5-7-15(24)18-17(22-19(25)23(18)2)14-6-3-4-10-20-14/h3-12,17-18H,1-2H3,(H,22,25)/t17-,18+/m1/s1. The monoisotopic (exact) mass is 349 g/mol. The van der Waals surface area contributed by atoms with Crippen molar-refractivity contribution >= 4 is 17.3 Å². The summed E-state index contributed by atoms with van der Waals surface area (Å²) in [6.07, 6.45) is 5.74. The van der Waals surface area contributed by atoms with E-state index in [-0.39, 0.29) is 12.1 Å². The van der Waals surface area contributed by atoms with Gasteiger partial charge in [0.2, 0.25) is 0 Å². The highest BCUT2D eigenvalue weighted by molar-refractivity contribution is 7.80. The van der Waals surface area contributed by atoms with E-state index in [2.05, 4.69) is 36.9 Å². The van der Waals surface area contributed by atoms with E-state index in [0.717, 1.165) is 27.9 Å². The van der Waals surface area contributed by atoms with Gasteiger partial charge < -0.3 is 14.8 Å². The van der Waals surface area contributed by atoms with Crippen LogP contribution in [0.25, 0.3) is 5.82 Å². The van der Waals surface area contributed by atoms with Gasteiger partial charge in [0.25, 0.3) is 0 Å². The summed E-state index contributed by atoms with van der Waals surface area (Å²) in [6.45, 7) is 2.04. The molecule has 3 aromatic rings. The number of nitrogens with one attached hydrogen (secondary N) is 1. The summed E-state index contributed by atoms with van der Waals surface area (Å²) < 4.78 is 2.12. The van der Waals surface area contributed by atoms with Gasteiger partial charge in [-0.3, -0.25) is 4.98 Å². The van der Waals surface area contributed by atoms with Crippen LogP contribution in [0.3, 0.4) is 0 Å². The van der Waals surface area contributed by atoms with Crippen molar-refractivity contribution in [2.45, 2.75) is 19.0 Å². The average molecular weight is 349 g/mol. The topological polar surface area (TPSA) is 46.0 Å². The van der Waals surface area contributed by atoms with Crippen LogP contribution in [-0.4, -0.2) is 31.6 Å². The molecule has 0 radical (unpaired) electrons. The van der Waals surface area contributed by atoms with Crippen LogP contribution in [0.2, 0.25) is 0 Å². The molecule has 4 rings (SSSR count). The molecule has 0 aromatic carbocycles.